The molecule has 0 aromatic rings. The first-order chi connectivity index (χ1) is 14.3. The minimum atomic E-state index is -0.111. The Bertz CT molecular complexity index is 801. The van der Waals surface area contributed by atoms with Gasteiger partial charge in [0.1, 0.15) is 0 Å². The number of allylic oxidation sites excluding steroid dienone is 2. The van der Waals surface area contributed by atoms with Crippen molar-refractivity contribution in [1.82, 2.24) is 5.32 Å². The average Bonchev–Trinajstić information content (AvgIpc) is 3.23. The maximum atomic E-state index is 10.3. The van der Waals surface area contributed by atoms with Crippen LogP contribution in [0, 0.1) is 35.0 Å². The van der Waals surface area contributed by atoms with Gasteiger partial charge in [-0.3, -0.25) is 0 Å². The molecular weight excluding hydrogens is 370 g/mol. The molecule has 0 aromatic carbocycles. The fourth-order valence-electron chi connectivity index (χ4n) is 9.09. The highest BCUT2D eigenvalue weighted by atomic mass is 16.5. The van der Waals surface area contributed by atoms with Gasteiger partial charge < -0.3 is 15.2 Å². The zero-order chi connectivity index (χ0) is 20.8. The summed E-state index contributed by atoms with van der Waals surface area (Å²) in [5, 5.41) is 14.1. The third kappa shape index (κ3) is 2.55. The Morgan fingerprint density at radius 3 is 2.83 bits per heavy atom. The van der Waals surface area contributed by atoms with Crippen LogP contribution in [0.15, 0.2) is 22.8 Å². The second-order valence-corrected chi connectivity index (χ2v) is 12.2. The molecule has 10 atom stereocenters. The normalized spacial score (nSPS) is 55.0. The van der Waals surface area contributed by atoms with Gasteiger partial charge in [0.2, 0.25) is 0 Å². The first kappa shape index (κ1) is 20.0. The highest BCUT2D eigenvalue weighted by Crippen LogP contribution is 2.65. The molecule has 2 N–H and O–H groups in total. The second-order valence-electron chi connectivity index (χ2n) is 12.2. The van der Waals surface area contributed by atoms with E-state index in [0.717, 1.165) is 43.1 Å². The molecule has 0 aromatic heterocycles. The molecular formula is C27H41NO2. The summed E-state index contributed by atoms with van der Waals surface area (Å²) >= 11 is 0. The quantitative estimate of drug-likeness (QED) is 0.551. The Morgan fingerprint density at radius 1 is 1.17 bits per heavy atom. The van der Waals surface area contributed by atoms with E-state index in [-0.39, 0.29) is 11.7 Å². The molecule has 2 heterocycles. The molecule has 6 aliphatic rings. The van der Waals surface area contributed by atoms with E-state index in [2.05, 4.69) is 39.1 Å². The SMILES string of the molecule is CC1=C2C[C@@H]3[C@@H](CC=C4C[C@H](O)CC[C@@]43C)[C@H]2CC[C@@]12O[C@@H]1C[C@H](C)CN[C@@H]1[C@@H]2C. The molecule has 4 aliphatic carbocycles. The average molecular weight is 412 g/mol. The number of ether oxygens (including phenoxy) is 1. The van der Waals surface area contributed by atoms with Gasteiger partial charge >= 0.3 is 0 Å². The largest absolute Gasteiger partial charge is 0.393 e. The van der Waals surface area contributed by atoms with Crippen molar-refractivity contribution in [3.63, 3.8) is 0 Å². The van der Waals surface area contributed by atoms with Gasteiger partial charge in [0.15, 0.2) is 0 Å². The molecule has 166 valence electrons. The van der Waals surface area contributed by atoms with Crippen LogP contribution in [0.25, 0.3) is 0 Å². The second kappa shape index (κ2) is 6.68. The van der Waals surface area contributed by atoms with Crippen LogP contribution in [0.3, 0.4) is 0 Å². The first-order valence-corrected chi connectivity index (χ1v) is 12.8. The molecule has 3 heteroatoms. The van der Waals surface area contributed by atoms with Crippen LogP contribution in [0.4, 0.5) is 0 Å². The number of aliphatic hydroxyl groups is 1. The lowest BCUT2D eigenvalue weighted by Crippen LogP contribution is -2.49. The number of hydrogen-bond donors (Lipinski definition) is 2. The van der Waals surface area contributed by atoms with Crippen molar-refractivity contribution in [3.8, 4) is 0 Å². The zero-order valence-electron chi connectivity index (χ0n) is 19.4. The molecule has 3 nitrogen and oxygen atoms in total. The van der Waals surface area contributed by atoms with Crippen LogP contribution in [0.5, 0.6) is 0 Å². The molecule has 30 heavy (non-hydrogen) atoms. The van der Waals surface area contributed by atoms with Crippen LogP contribution in [0.1, 0.15) is 79.1 Å². The number of nitrogens with one attached hydrogen (secondary N) is 1. The number of hydrogen-bond acceptors (Lipinski definition) is 3. The van der Waals surface area contributed by atoms with Crippen LogP contribution in [-0.2, 0) is 4.74 Å². The third-order valence-electron chi connectivity index (χ3n) is 10.9. The molecule has 6 rings (SSSR count). The van der Waals surface area contributed by atoms with E-state index < -0.39 is 0 Å². The van der Waals surface area contributed by atoms with Crippen molar-refractivity contribution >= 4 is 0 Å². The molecule has 1 spiro atoms. The van der Waals surface area contributed by atoms with E-state index in [0.29, 0.717) is 23.5 Å². The molecule has 0 unspecified atom stereocenters. The smallest absolute Gasteiger partial charge is 0.0937 e. The van der Waals surface area contributed by atoms with Crippen LogP contribution < -0.4 is 5.32 Å². The van der Waals surface area contributed by atoms with Crippen molar-refractivity contribution in [2.75, 3.05) is 6.54 Å². The molecule has 2 aliphatic heterocycles. The third-order valence-corrected chi connectivity index (χ3v) is 10.9. The molecule has 0 bridgehead atoms. The molecule has 2 saturated carbocycles. The van der Waals surface area contributed by atoms with Gasteiger partial charge in [-0.1, -0.05) is 38.0 Å². The van der Waals surface area contributed by atoms with E-state index in [9.17, 15) is 5.11 Å². The molecule has 0 radical (unpaired) electrons. The molecule has 2 saturated heterocycles. The van der Waals surface area contributed by atoms with Crippen LogP contribution >= 0.6 is 0 Å². The van der Waals surface area contributed by atoms with E-state index in [1.807, 2.05) is 0 Å². The lowest BCUT2D eigenvalue weighted by atomic mass is 9.56. The summed E-state index contributed by atoms with van der Waals surface area (Å²) in [6.45, 7) is 10.9. The summed E-state index contributed by atoms with van der Waals surface area (Å²) in [6, 6.07) is 0.530. The van der Waals surface area contributed by atoms with Gasteiger partial charge in [0, 0.05) is 12.0 Å². The summed E-state index contributed by atoms with van der Waals surface area (Å²) < 4.78 is 7.03. The van der Waals surface area contributed by atoms with Gasteiger partial charge in [-0.05, 0) is 99.5 Å². The van der Waals surface area contributed by atoms with Crippen molar-refractivity contribution in [1.29, 1.82) is 0 Å². The summed E-state index contributed by atoms with van der Waals surface area (Å²) in [5.41, 5.74) is 5.25. The van der Waals surface area contributed by atoms with Gasteiger partial charge in [-0.2, -0.15) is 0 Å². The number of piperidine rings is 1. The van der Waals surface area contributed by atoms with Crippen LogP contribution in [-0.4, -0.2) is 35.5 Å². The van der Waals surface area contributed by atoms with Crippen molar-refractivity contribution in [3.05, 3.63) is 22.8 Å². The first-order valence-electron chi connectivity index (χ1n) is 12.8. The van der Waals surface area contributed by atoms with E-state index in [1.54, 1.807) is 16.7 Å². The van der Waals surface area contributed by atoms with Crippen LogP contribution in [0.2, 0.25) is 0 Å². The number of aliphatic hydroxyl groups excluding tert-OH is 1. The van der Waals surface area contributed by atoms with Crippen molar-refractivity contribution < 1.29 is 9.84 Å². The van der Waals surface area contributed by atoms with Gasteiger partial charge in [-0.15, -0.1) is 0 Å². The summed E-state index contributed by atoms with van der Waals surface area (Å²) in [7, 11) is 0. The monoisotopic (exact) mass is 411 g/mol. The maximum Gasteiger partial charge on any atom is 0.0937 e. The van der Waals surface area contributed by atoms with Gasteiger partial charge in [0.05, 0.1) is 17.8 Å². The number of fused-ring (bicyclic) bond motifs is 6. The fraction of sp³-hybridized carbons (Fsp3) is 0.852. The summed E-state index contributed by atoms with van der Waals surface area (Å²) in [4.78, 5) is 0. The molecule has 4 fully saturated rings. The fourth-order valence-corrected chi connectivity index (χ4v) is 9.09. The zero-order valence-corrected chi connectivity index (χ0v) is 19.4. The predicted molar refractivity (Wildman–Crippen MR) is 120 cm³/mol. The Hall–Kier alpha value is -0.640. The Labute approximate surface area is 182 Å². The van der Waals surface area contributed by atoms with E-state index in [1.165, 1.54) is 38.5 Å². The summed E-state index contributed by atoms with van der Waals surface area (Å²) in [6.07, 6.45) is 12.2. The van der Waals surface area contributed by atoms with E-state index >= 15 is 0 Å². The highest BCUT2D eigenvalue weighted by molar-refractivity contribution is 5.38. The highest BCUT2D eigenvalue weighted by Gasteiger charge is 2.60. The minimum Gasteiger partial charge on any atom is -0.393 e. The molecule has 0 amide bonds. The lowest BCUT2D eigenvalue weighted by molar-refractivity contribution is -0.0549. The number of rotatable bonds is 0. The van der Waals surface area contributed by atoms with Gasteiger partial charge in [-0.25, -0.2) is 0 Å². The maximum absolute atomic E-state index is 10.3. The summed E-state index contributed by atoms with van der Waals surface area (Å²) in [5.74, 6) is 3.64. The van der Waals surface area contributed by atoms with Crippen molar-refractivity contribution in [2.24, 2.45) is 35.0 Å². The Kier molecular flexibility index (Phi) is 4.46. The topological polar surface area (TPSA) is 41.5 Å². The Balaban J connectivity index is 1.34. The van der Waals surface area contributed by atoms with Crippen molar-refractivity contribution in [2.45, 2.75) is 103 Å². The van der Waals surface area contributed by atoms with Gasteiger partial charge in [0.25, 0.3) is 0 Å². The standard InChI is InChI=1S/C27H41NO2/c1-15-11-24-25(28-14-15)17(3)27(30-24)10-8-20-21-6-5-18-12-19(29)7-9-26(18,4)23(21)13-22(20)16(27)2/h5,15,17,19-21,23-25,28-29H,6-14H2,1-4H3/t15-,17-,19+,20+,21-,23+,24+,25+,26-,27+/m0/s1. The predicted octanol–water partition coefficient (Wildman–Crippen LogP) is 5.00. The lowest BCUT2D eigenvalue weighted by Gasteiger charge is -2.49. The van der Waals surface area contributed by atoms with E-state index in [4.69, 9.17) is 4.74 Å². The minimum absolute atomic E-state index is 0.0222. The Morgan fingerprint density at radius 2 is 2.00 bits per heavy atom.